The number of carbonyl (C=O) groups excluding carboxylic acids is 2. The number of amides is 2. The average molecular weight is 370 g/mol. The lowest BCUT2D eigenvalue weighted by Crippen LogP contribution is -2.27. The van der Waals surface area contributed by atoms with Crippen molar-refractivity contribution in [1.29, 1.82) is 0 Å². The molecule has 27 heavy (non-hydrogen) atoms. The van der Waals surface area contributed by atoms with E-state index in [1.54, 1.807) is 30.2 Å². The molecule has 0 radical (unpaired) electrons. The van der Waals surface area contributed by atoms with Crippen molar-refractivity contribution in [2.45, 2.75) is 13.0 Å². The molecule has 142 valence electrons. The van der Waals surface area contributed by atoms with E-state index in [4.69, 9.17) is 14.2 Å². The van der Waals surface area contributed by atoms with Gasteiger partial charge in [-0.1, -0.05) is 12.1 Å². The van der Waals surface area contributed by atoms with E-state index in [0.717, 1.165) is 11.3 Å². The summed E-state index contributed by atoms with van der Waals surface area (Å²) in [6, 6.07) is 12.3. The Balaban J connectivity index is 1.72. The Hall–Kier alpha value is -3.22. The first kappa shape index (κ1) is 18.6. The van der Waals surface area contributed by atoms with Crippen molar-refractivity contribution in [3.05, 3.63) is 53.6 Å². The van der Waals surface area contributed by atoms with Gasteiger partial charge in [0.2, 0.25) is 0 Å². The van der Waals surface area contributed by atoms with Crippen LogP contribution in [0.1, 0.15) is 28.9 Å². The molecule has 0 bridgehead atoms. The number of benzene rings is 2. The predicted octanol–water partition coefficient (Wildman–Crippen LogP) is 3.15. The van der Waals surface area contributed by atoms with Crippen molar-refractivity contribution in [3.8, 4) is 11.5 Å². The van der Waals surface area contributed by atoms with Crippen molar-refractivity contribution in [3.63, 3.8) is 0 Å². The van der Waals surface area contributed by atoms with E-state index in [0.29, 0.717) is 30.2 Å². The molecule has 0 unspecified atom stereocenters. The van der Waals surface area contributed by atoms with Gasteiger partial charge in [-0.05, 0) is 42.8 Å². The van der Waals surface area contributed by atoms with Crippen LogP contribution in [0.25, 0.3) is 0 Å². The Morgan fingerprint density at radius 3 is 2.48 bits per heavy atom. The van der Waals surface area contributed by atoms with Crippen LogP contribution in [-0.4, -0.2) is 39.4 Å². The molecule has 3 rings (SSSR count). The van der Waals surface area contributed by atoms with Gasteiger partial charge < -0.3 is 19.5 Å². The maximum atomic E-state index is 12.7. The van der Waals surface area contributed by atoms with Crippen molar-refractivity contribution in [2.24, 2.45) is 0 Å². The molecule has 7 heteroatoms. The molecule has 1 fully saturated rings. The fourth-order valence-corrected chi connectivity index (χ4v) is 2.92. The van der Waals surface area contributed by atoms with Gasteiger partial charge in [0.1, 0.15) is 18.1 Å². The van der Waals surface area contributed by atoms with Gasteiger partial charge in [0, 0.05) is 5.69 Å². The molecule has 1 N–H and O–H groups in total. The number of carbonyl (C=O) groups is 2. The molecule has 0 saturated carbocycles. The van der Waals surface area contributed by atoms with Crippen LogP contribution >= 0.6 is 0 Å². The predicted molar refractivity (Wildman–Crippen MR) is 101 cm³/mol. The summed E-state index contributed by atoms with van der Waals surface area (Å²) in [5.74, 6) is 0.796. The number of nitrogens with one attached hydrogen (secondary N) is 1. The highest BCUT2D eigenvalue weighted by molar-refractivity contribution is 5.97. The second-order valence-electron chi connectivity index (χ2n) is 6.12. The van der Waals surface area contributed by atoms with E-state index in [1.807, 2.05) is 31.2 Å². The zero-order chi connectivity index (χ0) is 19.4. The molecule has 0 aromatic heterocycles. The van der Waals surface area contributed by atoms with Gasteiger partial charge in [-0.2, -0.15) is 0 Å². The number of methoxy groups -OCH3 is 2. The van der Waals surface area contributed by atoms with Gasteiger partial charge in [0.15, 0.2) is 0 Å². The minimum Gasteiger partial charge on any atom is -0.497 e. The van der Waals surface area contributed by atoms with Gasteiger partial charge in [-0.3, -0.25) is 9.69 Å². The molecule has 1 aliphatic heterocycles. The fraction of sp³-hybridized carbons (Fsp3) is 0.300. The maximum Gasteiger partial charge on any atom is 0.414 e. The second-order valence-corrected chi connectivity index (χ2v) is 6.12. The molecule has 2 aromatic rings. The molecular formula is C20H22N2O5. The Morgan fingerprint density at radius 1 is 1.15 bits per heavy atom. The molecule has 7 nitrogen and oxygen atoms in total. The van der Waals surface area contributed by atoms with Gasteiger partial charge in [-0.25, -0.2) is 4.79 Å². The summed E-state index contributed by atoms with van der Waals surface area (Å²) in [6.45, 7) is 2.83. The van der Waals surface area contributed by atoms with Crippen molar-refractivity contribution in [1.82, 2.24) is 5.32 Å². The van der Waals surface area contributed by atoms with E-state index in [-0.39, 0.29) is 18.0 Å². The first-order valence-electron chi connectivity index (χ1n) is 8.60. The fourth-order valence-electron chi connectivity index (χ4n) is 2.92. The number of hydrogen-bond acceptors (Lipinski definition) is 5. The quantitative estimate of drug-likeness (QED) is 0.845. The summed E-state index contributed by atoms with van der Waals surface area (Å²) in [4.78, 5) is 25.9. The number of hydrogen-bond donors (Lipinski definition) is 1. The van der Waals surface area contributed by atoms with E-state index >= 15 is 0 Å². The Labute approximate surface area is 157 Å². The number of cyclic esters (lactones) is 1. The lowest BCUT2D eigenvalue weighted by Gasteiger charge is -2.18. The minimum atomic E-state index is -0.339. The van der Waals surface area contributed by atoms with Crippen LogP contribution in [0.2, 0.25) is 0 Å². The lowest BCUT2D eigenvalue weighted by atomic mass is 10.1. The van der Waals surface area contributed by atoms with Crippen molar-refractivity contribution < 1.29 is 23.8 Å². The zero-order valence-electron chi connectivity index (χ0n) is 15.5. The monoisotopic (exact) mass is 370 g/mol. The summed E-state index contributed by atoms with van der Waals surface area (Å²) in [7, 11) is 3.06. The first-order chi connectivity index (χ1) is 13.0. The molecular weight excluding hydrogens is 348 g/mol. The van der Waals surface area contributed by atoms with Gasteiger partial charge in [0.25, 0.3) is 5.91 Å². The minimum absolute atomic E-state index is 0.229. The second kappa shape index (κ2) is 7.99. The van der Waals surface area contributed by atoms with Crippen LogP contribution in [0, 0.1) is 0 Å². The summed E-state index contributed by atoms with van der Waals surface area (Å²) in [6.07, 6.45) is -0.339. The molecule has 2 amide bonds. The molecule has 1 atom stereocenters. The van der Waals surface area contributed by atoms with Crippen LogP contribution in [0.4, 0.5) is 10.5 Å². The van der Waals surface area contributed by atoms with Crippen molar-refractivity contribution in [2.75, 3.05) is 32.3 Å². The summed E-state index contributed by atoms with van der Waals surface area (Å²) in [5.41, 5.74) is 2.09. The number of nitrogens with zero attached hydrogens (tertiary/aromatic N) is 1. The van der Waals surface area contributed by atoms with Crippen LogP contribution in [0.5, 0.6) is 11.5 Å². The summed E-state index contributed by atoms with van der Waals surface area (Å²) in [5, 5.41) is 2.96. The average Bonchev–Trinajstić information content (AvgIpc) is 3.13. The highest BCUT2D eigenvalue weighted by atomic mass is 16.6. The highest BCUT2D eigenvalue weighted by Crippen LogP contribution is 2.26. The third-order valence-electron chi connectivity index (χ3n) is 4.46. The van der Waals surface area contributed by atoms with Crippen molar-refractivity contribution >= 4 is 17.7 Å². The topological polar surface area (TPSA) is 77.1 Å². The van der Waals surface area contributed by atoms with E-state index in [9.17, 15) is 9.59 Å². The summed E-state index contributed by atoms with van der Waals surface area (Å²) < 4.78 is 15.4. The van der Waals surface area contributed by atoms with Crippen LogP contribution in [-0.2, 0) is 4.74 Å². The molecule has 0 spiro atoms. The zero-order valence-corrected chi connectivity index (χ0v) is 15.5. The largest absolute Gasteiger partial charge is 0.497 e. The highest BCUT2D eigenvalue weighted by Gasteiger charge is 2.23. The van der Waals surface area contributed by atoms with Gasteiger partial charge >= 0.3 is 6.09 Å². The Bertz CT molecular complexity index is 835. The third-order valence-corrected chi connectivity index (χ3v) is 4.46. The van der Waals surface area contributed by atoms with Crippen LogP contribution < -0.4 is 19.7 Å². The molecule has 0 aliphatic carbocycles. The SMILES string of the molecule is COc1ccc(OC)c(C(=O)N[C@H](C)c2ccc(N3CCOC3=O)cc2)c1. The normalized spacial score (nSPS) is 14.5. The molecule has 1 heterocycles. The van der Waals surface area contributed by atoms with E-state index in [2.05, 4.69) is 5.32 Å². The maximum absolute atomic E-state index is 12.7. The summed E-state index contributed by atoms with van der Waals surface area (Å²) >= 11 is 0. The smallest absolute Gasteiger partial charge is 0.414 e. The van der Waals surface area contributed by atoms with Gasteiger partial charge in [-0.15, -0.1) is 0 Å². The Morgan fingerprint density at radius 2 is 1.89 bits per heavy atom. The van der Waals surface area contributed by atoms with Crippen LogP contribution in [0.3, 0.4) is 0 Å². The number of ether oxygens (including phenoxy) is 3. The molecule has 1 saturated heterocycles. The first-order valence-corrected chi connectivity index (χ1v) is 8.60. The van der Waals surface area contributed by atoms with Gasteiger partial charge in [0.05, 0.1) is 32.4 Å². The lowest BCUT2D eigenvalue weighted by molar-refractivity contribution is 0.0936. The standard InChI is InChI=1S/C20H22N2O5/c1-13(14-4-6-15(7-5-14)22-10-11-27-20(22)24)21-19(23)17-12-16(25-2)8-9-18(17)26-3/h4-9,12-13H,10-11H2,1-3H3,(H,21,23)/t13-/m1/s1. The van der Waals surface area contributed by atoms with E-state index in [1.165, 1.54) is 7.11 Å². The van der Waals surface area contributed by atoms with E-state index < -0.39 is 0 Å². The Kier molecular flexibility index (Phi) is 5.49. The third kappa shape index (κ3) is 3.97. The molecule has 2 aromatic carbocycles. The number of rotatable bonds is 6. The number of anilines is 1. The van der Waals surface area contributed by atoms with Crippen LogP contribution in [0.15, 0.2) is 42.5 Å². The molecule has 1 aliphatic rings.